The van der Waals surface area contributed by atoms with E-state index in [9.17, 15) is 4.79 Å². The van der Waals surface area contributed by atoms with Gasteiger partial charge in [0.15, 0.2) is 0 Å². The number of nitrogens with one attached hydrogen (secondary N) is 1. The zero-order valence-electron chi connectivity index (χ0n) is 12.5. The molecule has 0 aliphatic carbocycles. The average Bonchev–Trinajstić information content (AvgIpc) is 2.54. The van der Waals surface area contributed by atoms with E-state index in [1.807, 2.05) is 74.5 Å². The zero-order chi connectivity index (χ0) is 15.1. The highest BCUT2D eigenvalue weighted by Crippen LogP contribution is 2.27. The summed E-state index contributed by atoms with van der Waals surface area (Å²) in [4.78, 5) is 12.1. The number of hydrogen-bond acceptors (Lipinski definition) is 3. The van der Waals surface area contributed by atoms with Crippen LogP contribution < -0.4 is 5.32 Å². The molecule has 0 fully saturated rings. The van der Waals surface area contributed by atoms with Crippen molar-refractivity contribution in [1.82, 2.24) is 0 Å². The van der Waals surface area contributed by atoms with Crippen molar-refractivity contribution in [3.63, 3.8) is 0 Å². The molecule has 2 aromatic rings. The van der Waals surface area contributed by atoms with Crippen LogP contribution in [0.4, 0.5) is 5.69 Å². The van der Waals surface area contributed by atoms with E-state index in [1.54, 1.807) is 0 Å². The van der Waals surface area contributed by atoms with Crippen LogP contribution in [0.3, 0.4) is 0 Å². The minimum absolute atomic E-state index is 0.118. The average molecular weight is 283 g/mol. The third-order valence-corrected chi connectivity index (χ3v) is 3.41. The van der Waals surface area contributed by atoms with Gasteiger partial charge in [-0.15, -0.1) is 0 Å². The number of carbonyl (C=O) groups is 1. The lowest BCUT2D eigenvalue weighted by Gasteiger charge is -2.25. The van der Waals surface area contributed by atoms with Crippen LogP contribution in [0.25, 0.3) is 0 Å². The normalized spacial score (nSPS) is 13.2. The Labute approximate surface area is 126 Å². The summed E-state index contributed by atoms with van der Waals surface area (Å²) in [7, 11) is 0. The summed E-state index contributed by atoms with van der Waals surface area (Å²) >= 11 is 0. The summed E-state index contributed by atoms with van der Waals surface area (Å²) in [6.45, 7) is 4.12. The Morgan fingerprint density at radius 1 is 1.05 bits per heavy atom. The van der Waals surface area contributed by atoms with Crippen LogP contribution in [-0.4, -0.2) is 12.6 Å². The maximum Gasteiger partial charge on any atom is 0.311 e. The molecule has 0 aliphatic heterocycles. The number of rotatable bonds is 6. The number of carbonyl (C=O) groups excluding carboxylic acids is 1. The summed E-state index contributed by atoms with van der Waals surface area (Å²) < 4.78 is 5.16. The monoisotopic (exact) mass is 283 g/mol. The summed E-state index contributed by atoms with van der Waals surface area (Å²) in [6, 6.07) is 19.8. The first kappa shape index (κ1) is 15.1. The van der Waals surface area contributed by atoms with Gasteiger partial charge in [0.05, 0.1) is 18.6 Å². The first-order valence-corrected chi connectivity index (χ1v) is 7.25. The molecule has 110 valence electrons. The molecule has 0 radical (unpaired) electrons. The van der Waals surface area contributed by atoms with E-state index in [1.165, 1.54) is 0 Å². The minimum Gasteiger partial charge on any atom is -0.466 e. The molecule has 0 heterocycles. The Bertz CT molecular complexity index is 554. The van der Waals surface area contributed by atoms with E-state index in [2.05, 4.69) is 5.32 Å². The molecule has 2 rings (SSSR count). The van der Waals surface area contributed by atoms with Gasteiger partial charge >= 0.3 is 5.97 Å². The van der Waals surface area contributed by atoms with Crippen molar-refractivity contribution in [2.45, 2.75) is 19.9 Å². The minimum atomic E-state index is -0.271. The van der Waals surface area contributed by atoms with Crippen molar-refractivity contribution >= 4 is 11.7 Å². The van der Waals surface area contributed by atoms with Crippen LogP contribution in [0, 0.1) is 5.92 Å². The van der Waals surface area contributed by atoms with Gasteiger partial charge in [0.1, 0.15) is 0 Å². The predicted octanol–water partition coefficient (Wildman–Crippen LogP) is 4.04. The molecular formula is C18H21NO2. The molecule has 3 heteroatoms. The van der Waals surface area contributed by atoms with Crippen LogP contribution in [-0.2, 0) is 9.53 Å². The summed E-state index contributed by atoms with van der Waals surface area (Å²) in [5.74, 6) is -0.456. The number of anilines is 1. The van der Waals surface area contributed by atoms with Crippen LogP contribution in [0.1, 0.15) is 25.5 Å². The van der Waals surface area contributed by atoms with Crippen LogP contribution >= 0.6 is 0 Å². The Morgan fingerprint density at radius 3 is 2.19 bits per heavy atom. The van der Waals surface area contributed by atoms with E-state index >= 15 is 0 Å². The number of esters is 1. The van der Waals surface area contributed by atoms with Crippen molar-refractivity contribution in [1.29, 1.82) is 0 Å². The molecular weight excluding hydrogens is 262 g/mol. The van der Waals surface area contributed by atoms with Gasteiger partial charge in [-0.25, -0.2) is 0 Å². The largest absolute Gasteiger partial charge is 0.466 e. The molecule has 0 bridgehead atoms. The summed E-state index contributed by atoms with van der Waals surface area (Å²) in [5, 5.41) is 3.43. The SMILES string of the molecule is CCOC(=O)C(C)C(Nc1ccccc1)c1ccccc1. The Kier molecular flexibility index (Phi) is 5.38. The molecule has 0 aliphatic rings. The highest BCUT2D eigenvalue weighted by Gasteiger charge is 2.26. The molecule has 0 saturated heterocycles. The van der Waals surface area contributed by atoms with E-state index in [0.717, 1.165) is 11.3 Å². The topological polar surface area (TPSA) is 38.3 Å². The second kappa shape index (κ2) is 7.48. The second-order valence-corrected chi connectivity index (χ2v) is 4.94. The Balaban J connectivity index is 2.24. The number of para-hydroxylation sites is 1. The molecule has 0 aromatic heterocycles. The van der Waals surface area contributed by atoms with Crippen molar-refractivity contribution in [3.05, 3.63) is 66.2 Å². The fourth-order valence-electron chi connectivity index (χ4n) is 2.28. The van der Waals surface area contributed by atoms with Crippen LogP contribution in [0.15, 0.2) is 60.7 Å². The lowest BCUT2D eigenvalue weighted by atomic mass is 9.94. The third kappa shape index (κ3) is 4.09. The van der Waals surface area contributed by atoms with Gasteiger partial charge in [0.25, 0.3) is 0 Å². The Morgan fingerprint density at radius 2 is 1.62 bits per heavy atom. The van der Waals surface area contributed by atoms with Gasteiger partial charge in [-0.2, -0.15) is 0 Å². The second-order valence-electron chi connectivity index (χ2n) is 4.94. The maximum atomic E-state index is 12.1. The zero-order valence-corrected chi connectivity index (χ0v) is 12.5. The number of ether oxygens (including phenoxy) is 1. The van der Waals surface area contributed by atoms with E-state index in [4.69, 9.17) is 4.74 Å². The predicted molar refractivity (Wildman–Crippen MR) is 85.0 cm³/mol. The first-order chi connectivity index (χ1) is 10.2. The smallest absolute Gasteiger partial charge is 0.311 e. The number of benzene rings is 2. The lowest BCUT2D eigenvalue weighted by Crippen LogP contribution is -2.27. The molecule has 2 aromatic carbocycles. The van der Waals surface area contributed by atoms with Gasteiger partial charge in [-0.05, 0) is 31.5 Å². The molecule has 0 saturated carbocycles. The van der Waals surface area contributed by atoms with Gasteiger partial charge in [-0.1, -0.05) is 48.5 Å². The summed E-state index contributed by atoms with van der Waals surface area (Å²) in [6.07, 6.45) is 0. The Hall–Kier alpha value is -2.29. The molecule has 3 nitrogen and oxygen atoms in total. The fraction of sp³-hybridized carbons (Fsp3) is 0.278. The molecule has 0 amide bonds. The molecule has 0 spiro atoms. The highest BCUT2D eigenvalue weighted by atomic mass is 16.5. The van der Waals surface area contributed by atoms with Gasteiger partial charge in [-0.3, -0.25) is 4.79 Å². The molecule has 2 unspecified atom stereocenters. The van der Waals surface area contributed by atoms with Gasteiger partial charge in [0.2, 0.25) is 0 Å². The van der Waals surface area contributed by atoms with Crippen molar-refractivity contribution in [2.75, 3.05) is 11.9 Å². The number of hydrogen-bond donors (Lipinski definition) is 1. The van der Waals surface area contributed by atoms with E-state index in [-0.39, 0.29) is 17.9 Å². The standard InChI is InChI=1S/C18H21NO2/c1-3-21-18(20)14(2)17(15-10-6-4-7-11-15)19-16-12-8-5-9-13-16/h4-14,17,19H,3H2,1-2H3. The maximum absolute atomic E-state index is 12.1. The van der Waals surface area contributed by atoms with Crippen molar-refractivity contribution < 1.29 is 9.53 Å². The molecule has 21 heavy (non-hydrogen) atoms. The van der Waals surface area contributed by atoms with E-state index < -0.39 is 0 Å². The summed E-state index contributed by atoms with van der Waals surface area (Å²) in [5.41, 5.74) is 2.06. The van der Waals surface area contributed by atoms with Crippen LogP contribution in [0.2, 0.25) is 0 Å². The van der Waals surface area contributed by atoms with Crippen LogP contribution in [0.5, 0.6) is 0 Å². The lowest BCUT2D eigenvalue weighted by molar-refractivity contribution is -0.147. The van der Waals surface area contributed by atoms with E-state index in [0.29, 0.717) is 6.61 Å². The van der Waals surface area contributed by atoms with Gasteiger partial charge < -0.3 is 10.1 Å². The van der Waals surface area contributed by atoms with Gasteiger partial charge in [0, 0.05) is 5.69 Å². The van der Waals surface area contributed by atoms with Crippen molar-refractivity contribution in [3.8, 4) is 0 Å². The third-order valence-electron chi connectivity index (χ3n) is 3.41. The highest BCUT2D eigenvalue weighted by molar-refractivity contribution is 5.74. The molecule has 1 N–H and O–H groups in total. The first-order valence-electron chi connectivity index (χ1n) is 7.25. The van der Waals surface area contributed by atoms with Crippen molar-refractivity contribution in [2.24, 2.45) is 5.92 Å². The fourth-order valence-corrected chi connectivity index (χ4v) is 2.28. The quantitative estimate of drug-likeness (QED) is 0.813. The molecule has 2 atom stereocenters.